The topological polar surface area (TPSA) is 65.6 Å². The van der Waals surface area contributed by atoms with Crippen LogP contribution in [0.4, 0.5) is 13.2 Å². The Balaban J connectivity index is 1.67. The molecule has 0 saturated heterocycles. The van der Waals surface area contributed by atoms with E-state index in [1.165, 1.54) is 29.5 Å². The van der Waals surface area contributed by atoms with E-state index in [0.717, 1.165) is 10.7 Å². The second-order valence-electron chi connectivity index (χ2n) is 5.90. The maximum atomic E-state index is 13.1. The fourth-order valence-corrected chi connectivity index (χ4v) is 2.74. The summed E-state index contributed by atoms with van der Waals surface area (Å²) in [5.74, 6) is -0.719. The van der Waals surface area contributed by atoms with Gasteiger partial charge in [0.05, 0.1) is 18.5 Å². The molecule has 1 aromatic carbocycles. The van der Waals surface area contributed by atoms with Crippen LogP contribution in [0.5, 0.6) is 0 Å². The molecule has 1 atom stereocenters. The van der Waals surface area contributed by atoms with Gasteiger partial charge in [0.2, 0.25) is 0 Å². The average Bonchev–Trinajstić information content (AvgIpc) is 2.95. The number of aryl methyl sites for hydroxylation is 1. The van der Waals surface area contributed by atoms with Crippen molar-refractivity contribution in [1.82, 2.24) is 14.2 Å². The Labute approximate surface area is 151 Å². The smallest absolute Gasteiger partial charge is 0.416 e. The van der Waals surface area contributed by atoms with Gasteiger partial charge in [-0.3, -0.25) is 9.20 Å². The zero-order chi connectivity index (χ0) is 19.6. The standard InChI is InChI=1S/C18H16F3N3O3/c1-12(13-6-2-3-7-14(13)18(19,20)21)27-16(25)9-11-24-17(26)23-10-5-4-8-15(23)22-24/h2-8,10,12H,9,11H2,1H3/t12-/m1/s1. The van der Waals surface area contributed by atoms with Gasteiger partial charge in [0.1, 0.15) is 6.10 Å². The number of hydrogen-bond donors (Lipinski definition) is 0. The highest BCUT2D eigenvalue weighted by Gasteiger charge is 2.34. The highest BCUT2D eigenvalue weighted by Crippen LogP contribution is 2.35. The van der Waals surface area contributed by atoms with Crippen LogP contribution in [0.2, 0.25) is 0 Å². The maximum Gasteiger partial charge on any atom is 0.416 e. The summed E-state index contributed by atoms with van der Waals surface area (Å²) < 4.78 is 46.8. The monoisotopic (exact) mass is 379 g/mol. The molecular formula is C18H16F3N3O3. The van der Waals surface area contributed by atoms with Gasteiger partial charge in [0.25, 0.3) is 0 Å². The Kier molecular flexibility index (Phi) is 5.02. The molecule has 3 rings (SSSR count). The number of nitrogens with zero attached hydrogens (tertiary/aromatic N) is 3. The SMILES string of the molecule is C[C@@H](OC(=O)CCn1nc2ccccn2c1=O)c1ccccc1C(F)(F)F. The Bertz CT molecular complexity index is 1020. The molecular weight excluding hydrogens is 363 g/mol. The van der Waals surface area contributed by atoms with Crippen molar-refractivity contribution in [3.8, 4) is 0 Å². The minimum Gasteiger partial charge on any atom is -0.458 e. The van der Waals surface area contributed by atoms with Crippen molar-refractivity contribution < 1.29 is 22.7 Å². The van der Waals surface area contributed by atoms with Crippen LogP contribution in [-0.4, -0.2) is 20.2 Å². The quantitative estimate of drug-likeness (QED) is 0.639. The van der Waals surface area contributed by atoms with Crippen LogP contribution in [0.3, 0.4) is 0 Å². The first kappa shape index (κ1) is 18.7. The number of fused-ring (bicyclic) bond motifs is 1. The normalized spacial score (nSPS) is 12.9. The zero-order valence-electron chi connectivity index (χ0n) is 14.3. The molecule has 142 valence electrons. The summed E-state index contributed by atoms with van der Waals surface area (Å²) in [6.07, 6.45) is -4.26. The summed E-state index contributed by atoms with van der Waals surface area (Å²) in [5.41, 5.74) is -0.942. The van der Waals surface area contributed by atoms with Crippen LogP contribution in [0.1, 0.15) is 30.6 Å². The predicted octanol–water partition coefficient (Wildman–Crippen LogP) is 3.21. The first-order chi connectivity index (χ1) is 12.8. The Hall–Kier alpha value is -3.10. The van der Waals surface area contributed by atoms with Gasteiger partial charge in [-0.25, -0.2) is 9.48 Å². The molecule has 6 nitrogen and oxygen atoms in total. The van der Waals surface area contributed by atoms with E-state index in [0.29, 0.717) is 5.65 Å². The van der Waals surface area contributed by atoms with E-state index in [1.54, 1.807) is 24.4 Å². The second-order valence-corrected chi connectivity index (χ2v) is 5.90. The lowest BCUT2D eigenvalue weighted by Crippen LogP contribution is -2.23. The van der Waals surface area contributed by atoms with E-state index < -0.39 is 29.5 Å². The minimum atomic E-state index is -4.54. The molecule has 0 aliphatic carbocycles. The third kappa shape index (κ3) is 4.02. The lowest BCUT2D eigenvalue weighted by molar-refractivity contribution is -0.151. The molecule has 0 amide bonds. The van der Waals surface area contributed by atoms with Crippen molar-refractivity contribution in [2.24, 2.45) is 0 Å². The van der Waals surface area contributed by atoms with Gasteiger partial charge in [0, 0.05) is 11.8 Å². The molecule has 2 aromatic heterocycles. The van der Waals surface area contributed by atoms with Crippen molar-refractivity contribution in [3.63, 3.8) is 0 Å². The fraction of sp³-hybridized carbons (Fsp3) is 0.278. The van der Waals surface area contributed by atoms with E-state index in [2.05, 4.69) is 5.10 Å². The van der Waals surface area contributed by atoms with Crippen LogP contribution < -0.4 is 5.69 Å². The van der Waals surface area contributed by atoms with Gasteiger partial charge < -0.3 is 4.74 Å². The molecule has 0 fully saturated rings. The molecule has 0 bridgehead atoms. The molecule has 9 heteroatoms. The van der Waals surface area contributed by atoms with Gasteiger partial charge in [-0.1, -0.05) is 24.3 Å². The largest absolute Gasteiger partial charge is 0.458 e. The highest BCUT2D eigenvalue weighted by molar-refractivity contribution is 5.69. The maximum absolute atomic E-state index is 13.1. The van der Waals surface area contributed by atoms with Gasteiger partial charge in [-0.2, -0.15) is 13.2 Å². The molecule has 0 spiro atoms. The lowest BCUT2D eigenvalue weighted by Gasteiger charge is -2.18. The summed E-state index contributed by atoms with van der Waals surface area (Å²) >= 11 is 0. The molecule has 2 heterocycles. The third-order valence-electron chi connectivity index (χ3n) is 4.03. The van der Waals surface area contributed by atoms with Gasteiger partial charge in [0.15, 0.2) is 5.65 Å². The summed E-state index contributed by atoms with van der Waals surface area (Å²) in [7, 11) is 0. The number of halogens is 3. The minimum absolute atomic E-state index is 0.0347. The molecule has 0 N–H and O–H groups in total. The van der Waals surface area contributed by atoms with Crippen LogP contribution in [0, 0.1) is 0 Å². The molecule has 0 aliphatic heterocycles. The van der Waals surface area contributed by atoms with Gasteiger partial charge in [-0.05, 0) is 25.1 Å². The van der Waals surface area contributed by atoms with E-state index in [1.807, 2.05) is 0 Å². The Morgan fingerprint density at radius 2 is 1.89 bits per heavy atom. The van der Waals surface area contributed by atoms with Crippen molar-refractivity contribution >= 4 is 11.6 Å². The summed E-state index contributed by atoms with van der Waals surface area (Å²) in [6.45, 7) is 1.34. The summed E-state index contributed by atoms with van der Waals surface area (Å²) in [6, 6.07) is 9.98. The molecule has 3 aromatic rings. The summed E-state index contributed by atoms with van der Waals surface area (Å²) in [4.78, 5) is 24.2. The van der Waals surface area contributed by atoms with Crippen LogP contribution in [0.25, 0.3) is 5.65 Å². The van der Waals surface area contributed by atoms with Crippen molar-refractivity contribution in [3.05, 3.63) is 70.3 Å². The summed E-state index contributed by atoms with van der Waals surface area (Å²) in [5, 5.41) is 4.08. The molecule has 0 aliphatic rings. The van der Waals surface area contributed by atoms with Crippen molar-refractivity contribution in [2.45, 2.75) is 32.2 Å². The predicted molar refractivity (Wildman–Crippen MR) is 90.0 cm³/mol. The number of esters is 1. The van der Waals surface area contributed by atoms with E-state index in [9.17, 15) is 22.8 Å². The number of rotatable bonds is 5. The Morgan fingerprint density at radius 3 is 2.59 bits per heavy atom. The fourth-order valence-electron chi connectivity index (χ4n) is 2.74. The average molecular weight is 379 g/mol. The van der Waals surface area contributed by atoms with Gasteiger partial charge in [-0.15, -0.1) is 5.10 Å². The number of alkyl halides is 3. The number of aromatic nitrogens is 3. The number of benzene rings is 1. The third-order valence-corrected chi connectivity index (χ3v) is 4.03. The van der Waals surface area contributed by atoms with Crippen LogP contribution in [0.15, 0.2) is 53.5 Å². The van der Waals surface area contributed by atoms with E-state index >= 15 is 0 Å². The van der Waals surface area contributed by atoms with Crippen LogP contribution >= 0.6 is 0 Å². The number of pyridine rings is 1. The highest BCUT2D eigenvalue weighted by atomic mass is 19.4. The number of carbonyl (C=O) groups excluding carboxylic acids is 1. The second kappa shape index (κ2) is 7.26. The van der Waals surface area contributed by atoms with Crippen molar-refractivity contribution in [1.29, 1.82) is 0 Å². The number of carbonyl (C=O) groups is 1. The van der Waals surface area contributed by atoms with E-state index in [-0.39, 0.29) is 18.5 Å². The first-order valence-corrected chi connectivity index (χ1v) is 8.17. The van der Waals surface area contributed by atoms with Gasteiger partial charge >= 0.3 is 17.8 Å². The molecule has 0 radical (unpaired) electrons. The zero-order valence-corrected chi connectivity index (χ0v) is 14.3. The molecule has 0 unspecified atom stereocenters. The molecule has 27 heavy (non-hydrogen) atoms. The van der Waals surface area contributed by atoms with Crippen LogP contribution in [-0.2, 0) is 22.3 Å². The number of ether oxygens (including phenoxy) is 1. The lowest BCUT2D eigenvalue weighted by atomic mass is 10.0. The number of hydrogen-bond acceptors (Lipinski definition) is 4. The van der Waals surface area contributed by atoms with E-state index in [4.69, 9.17) is 4.74 Å². The Morgan fingerprint density at radius 1 is 1.19 bits per heavy atom. The first-order valence-electron chi connectivity index (χ1n) is 8.17. The van der Waals surface area contributed by atoms with Crippen molar-refractivity contribution in [2.75, 3.05) is 0 Å². The molecule has 0 saturated carbocycles.